The van der Waals surface area contributed by atoms with E-state index in [9.17, 15) is 9.59 Å². The molecule has 3 rings (SSSR count). The number of carbonyl (C=O) groups excluding carboxylic acids is 2. The Morgan fingerprint density at radius 2 is 1.93 bits per heavy atom. The minimum absolute atomic E-state index is 0.259. The zero-order valence-corrected chi connectivity index (χ0v) is 16.5. The third-order valence-electron chi connectivity index (χ3n) is 4.52. The number of benzene rings is 2. The van der Waals surface area contributed by atoms with Gasteiger partial charge in [-0.3, -0.25) is 4.79 Å². The Labute approximate surface area is 168 Å². The predicted molar refractivity (Wildman–Crippen MR) is 106 cm³/mol. The van der Waals surface area contributed by atoms with Crippen molar-refractivity contribution in [3.05, 3.63) is 52.5 Å². The van der Waals surface area contributed by atoms with Gasteiger partial charge in [-0.2, -0.15) is 0 Å². The summed E-state index contributed by atoms with van der Waals surface area (Å²) in [4.78, 5) is 24.2. The van der Waals surface area contributed by atoms with E-state index in [0.717, 1.165) is 19.3 Å². The molecule has 2 aromatic carbocycles. The maximum absolute atomic E-state index is 12.2. The van der Waals surface area contributed by atoms with Crippen molar-refractivity contribution in [1.82, 2.24) is 0 Å². The van der Waals surface area contributed by atoms with E-state index >= 15 is 0 Å². The highest BCUT2D eigenvalue weighted by Gasteiger charge is 2.19. The lowest BCUT2D eigenvalue weighted by molar-refractivity contribution is -0.155. The van der Waals surface area contributed by atoms with Crippen LogP contribution in [0.1, 0.15) is 24.5 Å². The van der Waals surface area contributed by atoms with Crippen molar-refractivity contribution >= 4 is 29.2 Å². The lowest BCUT2D eigenvalue weighted by atomic mass is 10.1. The van der Waals surface area contributed by atoms with Crippen molar-refractivity contribution < 1.29 is 23.8 Å². The number of halogens is 1. The van der Waals surface area contributed by atoms with Crippen molar-refractivity contribution in [2.75, 3.05) is 19.0 Å². The van der Waals surface area contributed by atoms with E-state index in [2.05, 4.69) is 5.32 Å². The molecule has 1 N–H and O–H groups in total. The highest BCUT2D eigenvalue weighted by molar-refractivity contribution is 6.32. The number of hydrogen-bond acceptors (Lipinski definition) is 5. The molecule has 1 aliphatic rings. The second-order valence-corrected chi connectivity index (χ2v) is 6.95. The van der Waals surface area contributed by atoms with Gasteiger partial charge in [0.15, 0.2) is 12.7 Å². The van der Waals surface area contributed by atoms with Gasteiger partial charge in [-0.05, 0) is 67.6 Å². The van der Waals surface area contributed by atoms with E-state index in [1.807, 2.05) is 18.2 Å². The summed E-state index contributed by atoms with van der Waals surface area (Å²) in [6.07, 6.45) is 2.29. The molecular weight excluding hydrogens is 382 g/mol. The minimum atomic E-state index is -0.975. The van der Waals surface area contributed by atoms with Gasteiger partial charge in [0.2, 0.25) is 0 Å². The standard InChI is InChI=1S/C21H22ClNO5/c1-13(21(25)23-16-7-9-19(26-2)18(22)11-16)28-20(24)12-27-17-8-6-14-4-3-5-15(14)10-17/h6-11,13H,3-5,12H2,1-2H3,(H,23,25)/t13-/m0/s1. The first kappa shape index (κ1) is 20.0. The molecule has 148 valence electrons. The second kappa shape index (κ2) is 8.97. The molecule has 0 heterocycles. The van der Waals surface area contributed by atoms with E-state index in [1.165, 1.54) is 25.2 Å². The number of ether oxygens (including phenoxy) is 3. The Kier molecular flexibility index (Phi) is 6.41. The van der Waals surface area contributed by atoms with Crippen molar-refractivity contribution in [3.63, 3.8) is 0 Å². The van der Waals surface area contributed by atoms with Crippen LogP contribution in [0.3, 0.4) is 0 Å². The van der Waals surface area contributed by atoms with Crippen LogP contribution < -0.4 is 14.8 Å². The fourth-order valence-corrected chi connectivity index (χ4v) is 3.31. The number of hydrogen-bond donors (Lipinski definition) is 1. The van der Waals surface area contributed by atoms with Gasteiger partial charge in [-0.15, -0.1) is 0 Å². The second-order valence-electron chi connectivity index (χ2n) is 6.54. The summed E-state index contributed by atoms with van der Waals surface area (Å²) < 4.78 is 15.7. The molecule has 0 aromatic heterocycles. The summed E-state index contributed by atoms with van der Waals surface area (Å²) in [6, 6.07) is 10.7. The number of nitrogens with one attached hydrogen (secondary N) is 1. The number of rotatable bonds is 7. The fraction of sp³-hybridized carbons (Fsp3) is 0.333. The Morgan fingerprint density at radius 1 is 1.14 bits per heavy atom. The Balaban J connectivity index is 1.48. The first-order chi connectivity index (χ1) is 13.5. The van der Waals surface area contributed by atoms with Gasteiger partial charge in [0.05, 0.1) is 12.1 Å². The first-order valence-corrected chi connectivity index (χ1v) is 9.42. The highest BCUT2D eigenvalue weighted by Crippen LogP contribution is 2.27. The molecule has 7 heteroatoms. The lowest BCUT2D eigenvalue weighted by Gasteiger charge is -2.14. The van der Waals surface area contributed by atoms with Crippen LogP contribution in [0.5, 0.6) is 11.5 Å². The normalized spacial score (nSPS) is 13.4. The number of fused-ring (bicyclic) bond motifs is 1. The van der Waals surface area contributed by atoms with Crippen LogP contribution in [0, 0.1) is 0 Å². The van der Waals surface area contributed by atoms with E-state index < -0.39 is 18.0 Å². The topological polar surface area (TPSA) is 73.9 Å². The number of aryl methyl sites for hydroxylation is 2. The van der Waals surface area contributed by atoms with Crippen molar-refractivity contribution in [2.45, 2.75) is 32.3 Å². The minimum Gasteiger partial charge on any atom is -0.495 e. The summed E-state index contributed by atoms with van der Waals surface area (Å²) in [6.45, 7) is 1.23. The van der Waals surface area contributed by atoms with E-state index in [0.29, 0.717) is 22.2 Å². The number of amides is 1. The first-order valence-electron chi connectivity index (χ1n) is 9.04. The maximum atomic E-state index is 12.2. The summed E-state index contributed by atoms with van der Waals surface area (Å²) in [5.74, 6) is 0.0495. The van der Waals surface area contributed by atoms with Gasteiger partial charge in [0.1, 0.15) is 11.5 Å². The summed E-state index contributed by atoms with van der Waals surface area (Å²) >= 11 is 6.03. The molecule has 0 saturated heterocycles. The molecular formula is C21H22ClNO5. The Morgan fingerprint density at radius 3 is 2.68 bits per heavy atom. The SMILES string of the molecule is COc1ccc(NC(=O)[C@H](C)OC(=O)COc2ccc3c(c2)CCC3)cc1Cl. The molecule has 2 aromatic rings. The molecule has 28 heavy (non-hydrogen) atoms. The van der Waals surface area contributed by atoms with Gasteiger partial charge in [-0.25, -0.2) is 4.79 Å². The molecule has 0 spiro atoms. The van der Waals surface area contributed by atoms with E-state index in [4.69, 9.17) is 25.8 Å². The van der Waals surface area contributed by atoms with Crippen LogP contribution in [0.4, 0.5) is 5.69 Å². The van der Waals surface area contributed by atoms with Gasteiger partial charge in [0.25, 0.3) is 5.91 Å². The van der Waals surface area contributed by atoms with E-state index in [-0.39, 0.29) is 6.61 Å². The van der Waals surface area contributed by atoms with Crippen molar-refractivity contribution in [2.24, 2.45) is 0 Å². The molecule has 6 nitrogen and oxygen atoms in total. The summed E-state index contributed by atoms with van der Waals surface area (Å²) in [5.41, 5.74) is 3.07. The zero-order chi connectivity index (χ0) is 20.1. The van der Waals surface area contributed by atoms with Crippen LogP contribution >= 0.6 is 11.6 Å². The number of esters is 1. The van der Waals surface area contributed by atoms with Crippen LogP contribution in [0.25, 0.3) is 0 Å². The molecule has 0 bridgehead atoms. The Hall–Kier alpha value is -2.73. The molecule has 1 aliphatic carbocycles. The third-order valence-corrected chi connectivity index (χ3v) is 4.82. The number of anilines is 1. The third kappa shape index (κ3) is 4.95. The van der Waals surface area contributed by atoms with Gasteiger partial charge >= 0.3 is 5.97 Å². The lowest BCUT2D eigenvalue weighted by Crippen LogP contribution is -2.31. The van der Waals surface area contributed by atoms with Gasteiger partial charge in [-0.1, -0.05) is 17.7 Å². The molecule has 0 aliphatic heterocycles. The predicted octanol–water partition coefficient (Wildman–Crippen LogP) is 3.79. The Bertz CT molecular complexity index is 883. The highest BCUT2D eigenvalue weighted by atomic mass is 35.5. The quantitative estimate of drug-likeness (QED) is 0.712. The molecule has 0 fully saturated rings. The fourth-order valence-electron chi connectivity index (χ4n) is 3.05. The molecule has 0 saturated carbocycles. The number of methoxy groups -OCH3 is 1. The number of carbonyl (C=O) groups is 2. The largest absolute Gasteiger partial charge is 0.495 e. The maximum Gasteiger partial charge on any atom is 0.344 e. The van der Waals surface area contributed by atoms with E-state index in [1.54, 1.807) is 18.2 Å². The summed E-state index contributed by atoms with van der Waals surface area (Å²) in [5, 5.41) is 3.01. The van der Waals surface area contributed by atoms with Crippen LogP contribution in [0.15, 0.2) is 36.4 Å². The average Bonchev–Trinajstić information content (AvgIpc) is 3.14. The van der Waals surface area contributed by atoms with Gasteiger partial charge < -0.3 is 19.5 Å². The van der Waals surface area contributed by atoms with Crippen LogP contribution in [0.2, 0.25) is 5.02 Å². The smallest absolute Gasteiger partial charge is 0.344 e. The van der Waals surface area contributed by atoms with Crippen LogP contribution in [-0.4, -0.2) is 31.7 Å². The zero-order valence-electron chi connectivity index (χ0n) is 15.8. The molecule has 1 amide bonds. The van der Waals surface area contributed by atoms with Gasteiger partial charge in [0, 0.05) is 5.69 Å². The van der Waals surface area contributed by atoms with Crippen molar-refractivity contribution in [1.29, 1.82) is 0 Å². The average molecular weight is 404 g/mol. The molecule has 0 radical (unpaired) electrons. The van der Waals surface area contributed by atoms with Crippen LogP contribution in [-0.2, 0) is 27.2 Å². The summed E-state index contributed by atoms with van der Waals surface area (Å²) in [7, 11) is 1.51. The monoisotopic (exact) mass is 403 g/mol. The van der Waals surface area contributed by atoms with Crippen molar-refractivity contribution in [3.8, 4) is 11.5 Å². The molecule has 0 unspecified atom stereocenters. The molecule has 1 atom stereocenters.